The first kappa shape index (κ1) is 23.1. The third kappa shape index (κ3) is 5.63. The number of aryl methyl sites for hydroxylation is 1. The standard InChI is InChI=1S/C27H29FN2O2S/c1-31-25-13-8-19(15-26(25)32-2)17-29-27(33)30-24-12-9-20-16-21(28)10-11-22(20)23(24)14-18-6-4-3-5-7-18/h3-8,10-11,13,15-16,23-24H,9,12,14,17H2,1-2H3,(H2,29,30,33). The maximum Gasteiger partial charge on any atom is 0.166 e. The van der Waals surface area contributed by atoms with Gasteiger partial charge in [0.05, 0.1) is 14.2 Å². The van der Waals surface area contributed by atoms with Gasteiger partial charge in [0.1, 0.15) is 5.82 Å². The third-order valence-corrected chi connectivity index (χ3v) is 6.49. The number of fused-ring (bicyclic) bond motifs is 1. The van der Waals surface area contributed by atoms with E-state index < -0.39 is 0 Å². The fourth-order valence-electron chi connectivity index (χ4n) is 4.57. The molecule has 0 fully saturated rings. The monoisotopic (exact) mass is 464 g/mol. The van der Waals surface area contributed by atoms with Gasteiger partial charge in [-0.1, -0.05) is 42.5 Å². The first-order valence-electron chi connectivity index (χ1n) is 11.1. The molecular formula is C27H29FN2O2S. The van der Waals surface area contributed by atoms with E-state index in [0.717, 1.165) is 30.4 Å². The van der Waals surface area contributed by atoms with Gasteiger partial charge in [0.25, 0.3) is 0 Å². The first-order chi connectivity index (χ1) is 16.1. The molecule has 0 bridgehead atoms. The van der Waals surface area contributed by atoms with Gasteiger partial charge in [-0.3, -0.25) is 0 Å². The molecule has 33 heavy (non-hydrogen) atoms. The highest BCUT2D eigenvalue weighted by atomic mass is 32.1. The maximum absolute atomic E-state index is 13.9. The molecule has 2 atom stereocenters. The quantitative estimate of drug-likeness (QED) is 0.474. The van der Waals surface area contributed by atoms with Gasteiger partial charge >= 0.3 is 0 Å². The predicted molar refractivity (Wildman–Crippen MR) is 134 cm³/mol. The molecule has 0 aromatic heterocycles. The van der Waals surface area contributed by atoms with Gasteiger partial charge in [-0.2, -0.15) is 0 Å². The molecule has 0 radical (unpaired) electrons. The summed E-state index contributed by atoms with van der Waals surface area (Å²) < 4.78 is 24.6. The van der Waals surface area contributed by atoms with Crippen molar-refractivity contribution in [2.24, 2.45) is 0 Å². The third-order valence-electron chi connectivity index (χ3n) is 6.23. The van der Waals surface area contributed by atoms with Crippen molar-refractivity contribution in [3.05, 3.63) is 94.8 Å². The van der Waals surface area contributed by atoms with E-state index in [9.17, 15) is 4.39 Å². The molecule has 1 aliphatic rings. The van der Waals surface area contributed by atoms with Crippen molar-refractivity contribution in [3.63, 3.8) is 0 Å². The Balaban J connectivity index is 1.46. The zero-order valence-corrected chi connectivity index (χ0v) is 19.8. The zero-order valence-electron chi connectivity index (χ0n) is 18.9. The number of hydrogen-bond donors (Lipinski definition) is 2. The van der Waals surface area contributed by atoms with Crippen LogP contribution in [0.15, 0.2) is 66.7 Å². The number of hydrogen-bond acceptors (Lipinski definition) is 3. The number of methoxy groups -OCH3 is 2. The van der Waals surface area contributed by atoms with E-state index in [0.29, 0.717) is 23.2 Å². The smallest absolute Gasteiger partial charge is 0.166 e. The SMILES string of the molecule is COc1ccc(CNC(=S)NC2CCc3cc(F)ccc3C2Cc2ccccc2)cc1OC. The number of nitrogens with one attached hydrogen (secondary N) is 2. The number of halogens is 1. The van der Waals surface area contributed by atoms with E-state index in [2.05, 4.69) is 34.9 Å². The largest absolute Gasteiger partial charge is 0.493 e. The van der Waals surface area contributed by atoms with Gasteiger partial charge in [-0.15, -0.1) is 0 Å². The topological polar surface area (TPSA) is 42.5 Å². The molecule has 4 rings (SSSR count). The number of ether oxygens (including phenoxy) is 2. The fourth-order valence-corrected chi connectivity index (χ4v) is 4.79. The lowest BCUT2D eigenvalue weighted by atomic mass is 9.76. The van der Waals surface area contributed by atoms with Crippen LogP contribution < -0.4 is 20.1 Å². The van der Waals surface area contributed by atoms with Gasteiger partial charge < -0.3 is 20.1 Å². The van der Waals surface area contributed by atoms with Crippen LogP contribution in [-0.2, 0) is 19.4 Å². The number of rotatable bonds is 7. The molecular weight excluding hydrogens is 435 g/mol. The van der Waals surface area contributed by atoms with E-state index >= 15 is 0 Å². The second-order valence-electron chi connectivity index (χ2n) is 8.30. The Bertz CT molecular complexity index is 1110. The second kappa shape index (κ2) is 10.7. The highest BCUT2D eigenvalue weighted by Crippen LogP contribution is 2.35. The summed E-state index contributed by atoms with van der Waals surface area (Å²) in [6, 6.07) is 21.6. The zero-order chi connectivity index (χ0) is 23.2. The summed E-state index contributed by atoms with van der Waals surface area (Å²) in [5.41, 5.74) is 4.60. The minimum absolute atomic E-state index is 0.161. The number of benzene rings is 3. The Hall–Kier alpha value is -3.12. The Morgan fingerprint density at radius 3 is 2.52 bits per heavy atom. The van der Waals surface area contributed by atoms with E-state index in [1.165, 1.54) is 11.1 Å². The average Bonchev–Trinajstić information content (AvgIpc) is 2.84. The van der Waals surface area contributed by atoms with Gasteiger partial charge in [0.2, 0.25) is 0 Å². The molecule has 2 N–H and O–H groups in total. The van der Waals surface area contributed by atoms with Crippen molar-refractivity contribution in [2.45, 2.75) is 37.8 Å². The van der Waals surface area contributed by atoms with Crippen molar-refractivity contribution < 1.29 is 13.9 Å². The molecule has 0 saturated carbocycles. The lowest BCUT2D eigenvalue weighted by molar-refractivity contribution is 0.354. The minimum Gasteiger partial charge on any atom is -0.493 e. The van der Waals surface area contributed by atoms with Gasteiger partial charge in [0.15, 0.2) is 16.6 Å². The Morgan fingerprint density at radius 1 is 0.970 bits per heavy atom. The Morgan fingerprint density at radius 2 is 1.76 bits per heavy atom. The summed E-state index contributed by atoms with van der Waals surface area (Å²) in [4.78, 5) is 0. The molecule has 0 spiro atoms. The number of thiocarbonyl (C=S) groups is 1. The molecule has 3 aromatic rings. The Kier molecular flexibility index (Phi) is 7.45. The normalized spacial score (nSPS) is 17.1. The highest BCUT2D eigenvalue weighted by Gasteiger charge is 2.30. The van der Waals surface area contributed by atoms with Gasteiger partial charge in [0, 0.05) is 18.5 Å². The molecule has 3 aromatic carbocycles. The summed E-state index contributed by atoms with van der Waals surface area (Å²) in [7, 11) is 3.25. The van der Waals surface area contributed by atoms with Crippen molar-refractivity contribution in [1.29, 1.82) is 0 Å². The molecule has 6 heteroatoms. The molecule has 0 aliphatic heterocycles. The highest BCUT2D eigenvalue weighted by molar-refractivity contribution is 7.80. The first-order valence-corrected chi connectivity index (χ1v) is 11.6. The molecule has 2 unspecified atom stereocenters. The summed E-state index contributed by atoms with van der Waals surface area (Å²) in [5.74, 6) is 1.42. The average molecular weight is 465 g/mol. The van der Waals surface area contributed by atoms with Crippen LogP contribution in [0.25, 0.3) is 0 Å². The fraction of sp³-hybridized carbons (Fsp3) is 0.296. The van der Waals surface area contributed by atoms with Crippen LogP contribution in [0.3, 0.4) is 0 Å². The van der Waals surface area contributed by atoms with Crippen LogP contribution in [0.1, 0.15) is 34.6 Å². The molecule has 172 valence electrons. The molecule has 0 heterocycles. The van der Waals surface area contributed by atoms with E-state index in [1.54, 1.807) is 26.4 Å². The van der Waals surface area contributed by atoms with Crippen LogP contribution in [0.5, 0.6) is 11.5 Å². The van der Waals surface area contributed by atoms with Gasteiger partial charge in [-0.05, 0) is 78.0 Å². The maximum atomic E-state index is 13.9. The summed E-state index contributed by atoms with van der Waals surface area (Å²) >= 11 is 5.64. The minimum atomic E-state index is -0.175. The van der Waals surface area contributed by atoms with Gasteiger partial charge in [-0.25, -0.2) is 4.39 Å². The summed E-state index contributed by atoms with van der Waals surface area (Å²) in [5, 5.41) is 7.46. The van der Waals surface area contributed by atoms with Crippen molar-refractivity contribution >= 4 is 17.3 Å². The van der Waals surface area contributed by atoms with E-state index in [4.69, 9.17) is 21.7 Å². The molecule has 0 saturated heterocycles. The van der Waals surface area contributed by atoms with Crippen LogP contribution in [0.2, 0.25) is 0 Å². The second-order valence-corrected chi connectivity index (χ2v) is 8.71. The molecule has 1 aliphatic carbocycles. The van der Waals surface area contributed by atoms with Crippen LogP contribution in [0.4, 0.5) is 4.39 Å². The lowest BCUT2D eigenvalue weighted by Crippen LogP contribution is -2.46. The molecule has 0 amide bonds. The van der Waals surface area contributed by atoms with Crippen molar-refractivity contribution in [3.8, 4) is 11.5 Å². The van der Waals surface area contributed by atoms with E-state index in [-0.39, 0.29) is 17.8 Å². The summed E-state index contributed by atoms with van der Waals surface area (Å²) in [6.45, 7) is 0.573. The lowest BCUT2D eigenvalue weighted by Gasteiger charge is -2.35. The summed E-state index contributed by atoms with van der Waals surface area (Å²) in [6.07, 6.45) is 2.59. The van der Waals surface area contributed by atoms with E-state index in [1.807, 2.05) is 30.3 Å². The van der Waals surface area contributed by atoms with Crippen molar-refractivity contribution in [1.82, 2.24) is 10.6 Å². The Labute approximate surface area is 200 Å². The van der Waals surface area contributed by atoms with Crippen molar-refractivity contribution in [2.75, 3.05) is 14.2 Å². The van der Waals surface area contributed by atoms with Crippen LogP contribution in [-0.4, -0.2) is 25.4 Å². The van der Waals surface area contributed by atoms with Crippen LogP contribution in [0, 0.1) is 5.82 Å². The van der Waals surface area contributed by atoms with Crippen LogP contribution >= 0.6 is 12.2 Å². The predicted octanol–water partition coefficient (Wildman–Crippen LogP) is 5.15. The molecule has 4 nitrogen and oxygen atoms in total.